The molecule has 0 spiro atoms. The smallest absolute Gasteiger partial charge is 0.245 e. The van der Waals surface area contributed by atoms with Crippen molar-refractivity contribution in [3.8, 4) is 17.0 Å². The third kappa shape index (κ3) is 5.60. The molecule has 0 unspecified atom stereocenters. The number of ether oxygens (including phenoxy) is 1. The predicted molar refractivity (Wildman–Crippen MR) is 154 cm³/mol. The summed E-state index contributed by atoms with van der Waals surface area (Å²) in [6.07, 6.45) is 2.98. The van der Waals surface area contributed by atoms with Crippen LogP contribution in [0.15, 0.2) is 60.8 Å². The van der Waals surface area contributed by atoms with Crippen molar-refractivity contribution >= 4 is 32.9 Å². The van der Waals surface area contributed by atoms with Crippen LogP contribution in [0.4, 0.5) is 21.7 Å². The molecule has 2 aromatic heterocycles. The fraction of sp³-hybridized carbons (Fsp3) is 0.357. The highest BCUT2D eigenvalue weighted by Crippen LogP contribution is 2.36. The summed E-state index contributed by atoms with van der Waals surface area (Å²) in [6.45, 7) is 1.08. The van der Waals surface area contributed by atoms with Crippen LogP contribution in [-0.4, -0.2) is 85.8 Å². The number of piperidine rings is 1. The summed E-state index contributed by atoms with van der Waals surface area (Å²) in [6, 6.07) is 16.7. The van der Waals surface area contributed by atoms with E-state index in [1.165, 1.54) is 17.6 Å². The van der Waals surface area contributed by atoms with Crippen LogP contribution in [0.3, 0.4) is 0 Å². The Hall–Kier alpha value is -3.74. The number of hydrogen-bond acceptors (Lipinski definition) is 8. The van der Waals surface area contributed by atoms with Crippen LogP contribution < -0.4 is 14.4 Å². The summed E-state index contributed by atoms with van der Waals surface area (Å²) in [7, 11) is -0.369. The molecule has 0 aliphatic carbocycles. The number of alkyl halides is 1. The zero-order chi connectivity index (χ0) is 28.4. The molecule has 1 aliphatic heterocycles. The molecule has 212 valence electrons. The molecule has 0 bridgehead atoms. The summed E-state index contributed by atoms with van der Waals surface area (Å²) in [5.74, 6) is 0.830. The predicted octanol–water partition coefficient (Wildman–Crippen LogP) is 3.66. The number of aromatic nitrogens is 3. The van der Waals surface area contributed by atoms with Crippen molar-refractivity contribution in [3.63, 3.8) is 0 Å². The second kappa shape index (κ2) is 11.4. The van der Waals surface area contributed by atoms with Crippen molar-refractivity contribution in [1.82, 2.24) is 19.5 Å². The lowest BCUT2D eigenvalue weighted by Gasteiger charge is -2.35. The lowest BCUT2D eigenvalue weighted by atomic mass is 9.87. The van der Waals surface area contributed by atoms with Crippen molar-refractivity contribution in [2.45, 2.75) is 18.4 Å². The van der Waals surface area contributed by atoms with E-state index in [9.17, 15) is 17.9 Å². The fourth-order valence-corrected chi connectivity index (χ4v) is 5.69. The topological polar surface area (TPSA) is 112 Å². The van der Waals surface area contributed by atoms with Crippen LogP contribution in [0.1, 0.15) is 17.9 Å². The van der Waals surface area contributed by atoms with E-state index >= 15 is 0 Å². The Labute approximate surface area is 233 Å². The molecule has 12 heteroatoms. The van der Waals surface area contributed by atoms with Gasteiger partial charge in [-0.1, -0.05) is 24.3 Å². The molecule has 2 N–H and O–H groups in total. The minimum absolute atomic E-state index is 0.0704. The Bertz CT molecular complexity index is 1610. The van der Waals surface area contributed by atoms with Gasteiger partial charge in [-0.2, -0.15) is 0 Å². The second-order valence-electron chi connectivity index (χ2n) is 9.92. The zero-order valence-electron chi connectivity index (χ0n) is 22.7. The van der Waals surface area contributed by atoms with Gasteiger partial charge >= 0.3 is 0 Å². The maximum Gasteiger partial charge on any atom is 0.245 e. The summed E-state index contributed by atoms with van der Waals surface area (Å²) >= 11 is 0. The van der Waals surface area contributed by atoms with Crippen LogP contribution in [0.25, 0.3) is 16.8 Å². The molecule has 4 aromatic rings. The van der Waals surface area contributed by atoms with E-state index in [0.717, 1.165) is 24.0 Å². The van der Waals surface area contributed by atoms with Gasteiger partial charge in [-0.3, -0.25) is 9.21 Å². The highest BCUT2D eigenvalue weighted by molar-refractivity contribution is 7.92. The first-order valence-corrected chi connectivity index (χ1v) is 14.8. The van der Waals surface area contributed by atoms with Gasteiger partial charge in [0.15, 0.2) is 0 Å². The standard InChI is InChI=1S/C28H33FN6O4S/c1-33(40(3,37)38)24-7-5-4-6-22(24)25-11-9-20-17-30-28(32-35(20)25)31-23-10-8-19(16-27(23)39-2)21-12-14-34(15-13-29)18-26(21)36/h4-11,16-17,21,26,36H,12-15,18H2,1-3H3,(H,31,32)/t21-,26-/m0/s1. The summed E-state index contributed by atoms with van der Waals surface area (Å²) in [5.41, 5.74) is 4.30. The van der Waals surface area contributed by atoms with Gasteiger partial charge in [-0.05, 0) is 48.9 Å². The molecule has 3 heterocycles. The largest absolute Gasteiger partial charge is 0.495 e. The van der Waals surface area contributed by atoms with Crippen molar-refractivity contribution in [3.05, 3.63) is 66.4 Å². The average molecular weight is 569 g/mol. The van der Waals surface area contributed by atoms with Crippen LogP contribution in [0.5, 0.6) is 5.75 Å². The van der Waals surface area contributed by atoms with E-state index in [1.54, 1.807) is 30.0 Å². The van der Waals surface area contributed by atoms with E-state index < -0.39 is 22.8 Å². The molecule has 10 nitrogen and oxygen atoms in total. The van der Waals surface area contributed by atoms with Gasteiger partial charge in [0.2, 0.25) is 16.0 Å². The van der Waals surface area contributed by atoms with Gasteiger partial charge in [0, 0.05) is 31.6 Å². The number of sulfonamides is 1. The maximum atomic E-state index is 12.7. The van der Waals surface area contributed by atoms with E-state index in [1.807, 2.05) is 47.4 Å². The number of benzene rings is 2. The maximum absolute atomic E-state index is 12.7. The number of nitrogens with zero attached hydrogens (tertiary/aromatic N) is 5. The first-order chi connectivity index (χ1) is 19.2. The van der Waals surface area contributed by atoms with E-state index in [0.29, 0.717) is 47.4 Å². The molecule has 5 rings (SSSR count). The van der Waals surface area contributed by atoms with E-state index in [2.05, 4.69) is 15.4 Å². The lowest BCUT2D eigenvalue weighted by Crippen LogP contribution is -2.43. The highest BCUT2D eigenvalue weighted by atomic mass is 32.2. The SMILES string of the molecule is COc1cc([C@@H]2CCN(CCF)C[C@@H]2O)ccc1Nc1ncc2ccc(-c3ccccc3N(C)S(C)(=O)=O)n2n1. The molecule has 1 saturated heterocycles. The molecule has 0 amide bonds. The van der Waals surface area contributed by atoms with Gasteiger partial charge in [0.25, 0.3) is 0 Å². The molecule has 0 radical (unpaired) electrons. The number of halogens is 1. The molecular weight excluding hydrogens is 535 g/mol. The quantitative estimate of drug-likeness (QED) is 0.315. The van der Waals surface area contributed by atoms with Crippen LogP contribution >= 0.6 is 0 Å². The zero-order valence-corrected chi connectivity index (χ0v) is 23.5. The number of para-hydroxylation sites is 1. The third-order valence-corrected chi connectivity index (χ3v) is 8.57. The van der Waals surface area contributed by atoms with Gasteiger partial charge in [0.05, 0.1) is 48.3 Å². The number of aliphatic hydroxyl groups is 1. The van der Waals surface area contributed by atoms with Crippen molar-refractivity contribution in [2.24, 2.45) is 0 Å². The van der Waals surface area contributed by atoms with Crippen molar-refractivity contribution in [1.29, 1.82) is 0 Å². The number of aliphatic hydroxyl groups excluding tert-OH is 1. The fourth-order valence-electron chi connectivity index (χ4n) is 5.18. The molecular formula is C28H33FN6O4S. The van der Waals surface area contributed by atoms with Gasteiger partial charge in [0.1, 0.15) is 12.4 Å². The number of β-amino-alcohol motifs (C(OH)–C–C–N with tert-alkyl or cyclic N) is 1. The van der Waals surface area contributed by atoms with Gasteiger partial charge in [-0.25, -0.2) is 22.3 Å². The normalized spacial score (nSPS) is 18.1. The highest BCUT2D eigenvalue weighted by Gasteiger charge is 2.29. The molecule has 2 atom stereocenters. The summed E-state index contributed by atoms with van der Waals surface area (Å²) in [5, 5.41) is 18.6. The van der Waals surface area contributed by atoms with Crippen LogP contribution in [0.2, 0.25) is 0 Å². The number of fused-ring (bicyclic) bond motifs is 1. The minimum atomic E-state index is -3.47. The first kappa shape index (κ1) is 27.8. The molecule has 40 heavy (non-hydrogen) atoms. The van der Waals surface area contributed by atoms with Crippen molar-refractivity contribution in [2.75, 3.05) is 56.3 Å². The van der Waals surface area contributed by atoms with Gasteiger partial charge < -0.3 is 15.2 Å². The molecule has 0 saturated carbocycles. The molecule has 2 aromatic carbocycles. The molecule has 1 aliphatic rings. The monoisotopic (exact) mass is 568 g/mol. The lowest BCUT2D eigenvalue weighted by molar-refractivity contribution is 0.0487. The number of anilines is 3. The summed E-state index contributed by atoms with van der Waals surface area (Å²) in [4.78, 5) is 6.39. The van der Waals surface area contributed by atoms with Crippen molar-refractivity contribution < 1.29 is 22.7 Å². The van der Waals surface area contributed by atoms with E-state index in [4.69, 9.17) is 4.74 Å². The Morgan fingerprint density at radius 1 is 1.20 bits per heavy atom. The number of rotatable bonds is 9. The van der Waals surface area contributed by atoms with Gasteiger partial charge in [-0.15, -0.1) is 5.10 Å². The Morgan fingerprint density at radius 2 is 2.00 bits per heavy atom. The van der Waals surface area contributed by atoms with Crippen LogP contribution in [0, 0.1) is 0 Å². The number of hydrogen-bond donors (Lipinski definition) is 2. The Kier molecular flexibility index (Phi) is 7.92. The number of likely N-dealkylation sites (tertiary alicyclic amines) is 1. The van der Waals surface area contributed by atoms with E-state index in [-0.39, 0.29) is 5.92 Å². The number of methoxy groups -OCH3 is 1. The summed E-state index contributed by atoms with van der Waals surface area (Å²) < 4.78 is 45.9. The third-order valence-electron chi connectivity index (χ3n) is 7.38. The Morgan fingerprint density at radius 3 is 2.73 bits per heavy atom. The first-order valence-electron chi connectivity index (χ1n) is 13.0. The molecule has 1 fully saturated rings. The average Bonchev–Trinajstić information content (AvgIpc) is 3.36. The Balaban J connectivity index is 1.43. The van der Waals surface area contributed by atoms with Crippen LogP contribution in [-0.2, 0) is 10.0 Å². The number of nitrogens with one attached hydrogen (secondary N) is 1. The minimum Gasteiger partial charge on any atom is -0.495 e. The second-order valence-corrected chi connectivity index (χ2v) is 11.9.